The van der Waals surface area contributed by atoms with Crippen molar-refractivity contribution in [3.05, 3.63) is 45.7 Å². The van der Waals surface area contributed by atoms with Crippen molar-refractivity contribution in [1.82, 2.24) is 20.0 Å². The first kappa shape index (κ1) is 18.6. The van der Waals surface area contributed by atoms with Gasteiger partial charge in [0, 0.05) is 19.1 Å². The number of furan rings is 1. The number of rotatable bonds is 5. The molecule has 0 atom stereocenters. The first-order chi connectivity index (χ1) is 12.9. The van der Waals surface area contributed by atoms with Gasteiger partial charge in [-0.3, -0.25) is 24.4 Å². The number of hydrogen-bond acceptors (Lipinski definition) is 6. The lowest BCUT2D eigenvalue weighted by molar-refractivity contribution is -0.386. The fourth-order valence-corrected chi connectivity index (χ4v) is 3.31. The maximum Gasteiger partial charge on any atom is 0.312 e. The predicted octanol–water partition coefficient (Wildman–Crippen LogP) is 1.42. The fourth-order valence-electron chi connectivity index (χ4n) is 3.31. The van der Waals surface area contributed by atoms with Gasteiger partial charge in [0.1, 0.15) is 24.2 Å². The smallest absolute Gasteiger partial charge is 0.312 e. The highest BCUT2D eigenvalue weighted by Gasteiger charge is 2.26. The molecule has 2 aromatic rings. The molecule has 3 rings (SSSR count). The van der Waals surface area contributed by atoms with Crippen molar-refractivity contribution < 1.29 is 18.9 Å². The number of nitro groups is 1. The molecular formula is C17H21N5O5. The van der Waals surface area contributed by atoms with Crippen molar-refractivity contribution in [1.29, 1.82) is 0 Å². The van der Waals surface area contributed by atoms with E-state index in [2.05, 4.69) is 10.4 Å². The summed E-state index contributed by atoms with van der Waals surface area (Å²) in [6.07, 6.45) is 4.17. The van der Waals surface area contributed by atoms with Gasteiger partial charge >= 0.3 is 5.69 Å². The van der Waals surface area contributed by atoms with E-state index < -0.39 is 4.92 Å². The van der Waals surface area contributed by atoms with Crippen LogP contribution in [-0.4, -0.2) is 50.5 Å². The van der Waals surface area contributed by atoms with Crippen LogP contribution in [0, 0.1) is 24.0 Å². The summed E-state index contributed by atoms with van der Waals surface area (Å²) in [5, 5.41) is 18.0. The van der Waals surface area contributed by atoms with E-state index in [-0.39, 0.29) is 35.8 Å². The van der Waals surface area contributed by atoms with Crippen molar-refractivity contribution in [3.8, 4) is 0 Å². The van der Waals surface area contributed by atoms with Gasteiger partial charge in [-0.2, -0.15) is 5.10 Å². The van der Waals surface area contributed by atoms with E-state index in [0.29, 0.717) is 37.2 Å². The molecule has 144 valence electrons. The Labute approximate surface area is 155 Å². The Hall–Kier alpha value is -3.17. The van der Waals surface area contributed by atoms with Gasteiger partial charge in [-0.25, -0.2) is 0 Å². The van der Waals surface area contributed by atoms with Crippen LogP contribution in [-0.2, 0) is 11.3 Å². The summed E-state index contributed by atoms with van der Waals surface area (Å²) < 4.78 is 6.28. The second-order valence-corrected chi connectivity index (χ2v) is 6.58. The number of nitrogens with one attached hydrogen (secondary N) is 1. The van der Waals surface area contributed by atoms with E-state index in [0.717, 1.165) is 0 Å². The zero-order valence-electron chi connectivity index (χ0n) is 15.2. The largest absolute Gasteiger partial charge is 0.472 e. The molecule has 0 bridgehead atoms. The van der Waals surface area contributed by atoms with Crippen molar-refractivity contribution in [2.45, 2.75) is 39.3 Å². The number of carbonyl (C=O) groups is 2. The summed E-state index contributed by atoms with van der Waals surface area (Å²) in [6.45, 7) is 4.13. The Kier molecular flexibility index (Phi) is 5.24. The van der Waals surface area contributed by atoms with Gasteiger partial charge in [-0.1, -0.05) is 0 Å². The number of hydrogen-bond donors (Lipinski definition) is 1. The Morgan fingerprint density at radius 2 is 2.07 bits per heavy atom. The predicted molar refractivity (Wildman–Crippen MR) is 94.1 cm³/mol. The van der Waals surface area contributed by atoms with Crippen LogP contribution in [0.4, 0.5) is 5.69 Å². The molecule has 0 aromatic carbocycles. The minimum Gasteiger partial charge on any atom is -0.472 e. The van der Waals surface area contributed by atoms with Gasteiger partial charge in [0.05, 0.1) is 16.7 Å². The minimum atomic E-state index is -0.487. The third kappa shape index (κ3) is 3.99. The number of carbonyl (C=O) groups excluding carboxylic acids is 2. The molecule has 0 radical (unpaired) electrons. The lowest BCUT2D eigenvalue weighted by atomic mass is 10.0. The molecule has 27 heavy (non-hydrogen) atoms. The highest BCUT2D eigenvalue weighted by atomic mass is 16.6. The van der Waals surface area contributed by atoms with Gasteiger partial charge < -0.3 is 14.6 Å². The molecule has 10 heteroatoms. The topological polar surface area (TPSA) is 124 Å². The summed E-state index contributed by atoms with van der Waals surface area (Å²) in [4.78, 5) is 36.9. The Balaban J connectivity index is 1.52. The molecule has 0 unspecified atom stereocenters. The highest BCUT2D eigenvalue weighted by molar-refractivity contribution is 5.93. The van der Waals surface area contributed by atoms with Gasteiger partial charge in [0.25, 0.3) is 5.91 Å². The molecule has 2 aromatic heterocycles. The molecule has 0 aliphatic carbocycles. The Morgan fingerprint density at radius 1 is 1.37 bits per heavy atom. The molecular weight excluding hydrogens is 354 g/mol. The van der Waals surface area contributed by atoms with Gasteiger partial charge in [0.2, 0.25) is 5.91 Å². The van der Waals surface area contributed by atoms with E-state index in [4.69, 9.17) is 4.42 Å². The number of amides is 2. The third-order valence-corrected chi connectivity index (χ3v) is 4.73. The Morgan fingerprint density at radius 3 is 2.63 bits per heavy atom. The molecule has 1 aliphatic rings. The molecule has 1 fully saturated rings. The number of piperidine rings is 1. The van der Waals surface area contributed by atoms with Crippen LogP contribution in [0.5, 0.6) is 0 Å². The van der Waals surface area contributed by atoms with E-state index in [1.807, 2.05) is 0 Å². The van der Waals surface area contributed by atoms with Crippen LogP contribution < -0.4 is 5.32 Å². The quantitative estimate of drug-likeness (QED) is 0.623. The third-order valence-electron chi connectivity index (χ3n) is 4.73. The van der Waals surface area contributed by atoms with E-state index >= 15 is 0 Å². The number of nitrogens with zero attached hydrogens (tertiary/aromatic N) is 4. The van der Waals surface area contributed by atoms with Crippen LogP contribution in [0.25, 0.3) is 0 Å². The molecule has 1 aliphatic heterocycles. The first-order valence-corrected chi connectivity index (χ1v) is 8.66. The summed E-state index contributed by atoms with van der Waals surface area (Å²) in [7, 11) is 0. The molecule has 0 spiro atoms. The summed E-state index contributed by atoms with van der Waals surface area (Å²) in [6, 6.07) is 1.59. The highest BCUT2D eigenvalue weighted by Crippen LogP contribution is 2.21. The van der Waals surface area contributed by atoms with Crippen molar-refractivity contribution in [2.24, 2.45) is 0 Å². The van der Waals surface area contributed by atoms with Crippen LogP contribution in [0.15, 0.2) is 23.0 Å². The standard InChI is InChI=1S/C17H21N5O5/c1-11-16(22(25)26)12(2)21(19-11)9-15(23)18-14-3-6-20(7-4-14)17(24)13-5-8-27-10-13/h5,8,10,14H,3-4,6-7,9H2,1-2H3,(H,18,23). The summed E-state index contributed by atoms with van der Waals surface area (Å²) in [5.74, 6) is -0.335. The van der Waals surface area contributed by atoms with Crippen LogP contribution in [0.1, 0.15) is 34.6 Å². The minimum absolute atomic E-state index is 0.0437. The van der Waals surface area contributed by atoms with E-state index in [1.54, 1.807) is 24.8 Å². The maximum absolute atomic E-state index is 12.3. The number of aromatic nitrogens is 2. The van der Waals surface area contributed by atoms with Crippen molar-refractivity contribution in [3.63, 3.8) is 0 Å². The molecule has 2 amide bonds. The van der Waals surface area contributed by atoms with E-state index in [9.17, 15) is 19.7 Å². The Bertz CT molecular complexity index is 849. The first-order valence-electron chi connectivity index (χ1n) is 8.66. The molecule has 1 saturated heterocycles. The van der Waals surface area contributed by atoms with Gasteiger partial charge in [0.15, 0.2) is 0 Å². The summed E-state index contributed by atoms with van der Waals surface area (Å²) >= 11 is 0. The van der Waals surface area contributed by atoms with Gasteiger partial charge in [-0.15, -0.1) is 0 Å². The average Bonchev–Trinajstić information content (AvgIpc) is 3.23. The molecule has 10 nitrogen and oxygen atoms in total. The second kappa shape index (κ2) is 7.60. The SMILES string of the molecule is Cc1nn(CC(=O)NC2CCN(C(=O)c3ccoc3)CC2)c(C)c1[N+](=O)[O-]. The average molecular weight is 375 g/mol. The lowest BCUT2D eigenvalue weighted by Gasteiger charge is -2.32. The van der Waals surface area contributed by atoms with E-state index in [1.165, 1.54) is 17.2 Å². The molecule has 3 heterocycles. The zero-order chi connectivity index (χ0) is 19.6. The fraction of sp³-hybridized carbons (Fsp3) is 0.471. The molecule has 1 N–H and O–H groups in total. The number of likely N-dealkylation sites (tertiary alicyclic amines) is 1. The molecule has 0 saturated carbocycles. The van der Waals surface area contributed by atoms with Gasteiger partial charge in [-0.05, 0) is 32.8 Å². The van der Waals surface area contributed by atoms with Crippen LogP contribution in [0.3, 0.4) is 0 Å². The monoisotopic (exact) mass is 375 g/mol. The zero-order valence-corrected chi connectivity index (χ0v) is 15.2. The normalized spacial score (nSPS) is 15.0. The second-order valence-electron chi connectivity index (χ2n) is 6.58. The van der Waals surface area contributed by atoms with Crippen molar-refractivity contribution >= 4 is 17.5 Å². The summed E-state index contributed by atoms with van der Waals surface area (Å²) in [5.41, 5.74) is 1.10. The van der Waals surface area contributed by atoms with Crippen LogP contribution >= 0.6 is 0 Å². The van der Waals surface area contributed by atoms with Crippen LogP contribution in [0.2, 0.25) is 0 Å². The maximum atomic E-state index is 12.3. The number of aryl methyl sites for hydroxylation is 1. The van der Waals surface area contributed by atoms with Crippen molar-refractivity contribution in [2.75, 3.05) is 13.1 Å². The lowest BCUT2D eigenvalue weighted by Crippen LogP contribution is -2.47.